The molecule has 4 N–H and O–H groups in total. The fraction of sp³-hybridized carbons (Fsp3) is 0.865. The summed E-state index contributed by atoms with van der Waals surface area (Å²) in [6, 6.07) is -3.30. The molecule has 0 aromatic carbocycles. The molecule has 0 radical (unpaired) electrons. The molecule has 13 heteroatoms. The van der Waals surface area contributed by atoms with Gasteiger partial charge in [-0.1, -0.05) is 85.0 Å². The van der Waals surface area contributed by atoms with Crippen LogP contribution >= 0.6 is 0 Å². The maximum Gasteiger partial charge on any atom is 0.315 e. The standard InChI is InChI=1S/C37H63N5O7S/c1-7-22-38-32(45)30(43)26-18-14-11-9-8-10-12-15-19-27(33(46)42-23-25-28(36(25,5)6)29(42)31(44)39-26)40-34(47)41-37(20-16-13-17-21-37)24-50(48,49)35(2,3)4/h25-29H,7-24H2,1-6H3,(H,38,45)(H,39,44)(H2,40,41,47)/t25-,26-,27-,28-,29-/m0/s1. The summed E-state index contributed by atoms with van der Waals surface area (Å²) in [6.07, 6.45) is 11.1. The highest BCUT2D eigenvalue weighted by molar-refractivity contribution is 7.92. The van der Waals surface area contributed by atoms with E-state index in [2.05, 4.69) is 35.1 Å². The van der Waals surface area contributed by atoms with Crippen molar-refractivity contribution in [2.45, 2.75) is 166 Å². The first-order valence-electron chi connectivity index (χ1n) is 19.2. The van der Waals surface area contributed by atoms with Crippen LogP contribution in [0.25, 0.3) is 0 Å². The second-order valence-corrected chi connectivity index (χ2v) is 19.7. The minimum Gasteiger partial charge on any atom is -0.349 e. The number of ketones is 1. The molecular formula is C37H63N5O7S. The Labute approximate surface area is 299 Å². The lowest BCUT2D eigenvalue weighted by Gasteiger charge is -2.40. The molecule has 4 fully saturated rings. The zero-order valence-corrected chi connectivity index (χ0v) is 32.1. The van der Waals surface area contributed by atoms with Gasteiger partial charge in [0.05, 0.1) is 22.1 Å². The van der Waals surface area contributed by atoms with Gasteiger partial charge < -0.3 is 26.2 Å². The van der Waals surface area contributed by atoms with Crippen molar-refractivity contribution in [1.82, 2.24) is 26.2 Å². The number of Topliss-reactive ketones (excluding diaryl/α,β-unsaturated/α-hetero) is 1. The van der Waals surface area contributed by atoms with Crippen molar-refractivity contribution < 1.29 is 32.4 Å². The van der Waals surface area contributed by atoms with Crippen LogP contribution in [0.3, 0.4) is 0 Å². The topological polar surface area (TPSA) is 171 Å². The Balaban J connectivity index is 1.58. The SMILES string of the molecule is CCCNC(=O)C(=O)[C@@H]1CCCCCCCCC[C@H](NC(=O)NC2(CS(=O)(=O)C(C)(C)C)CCCCC2)C(=O)N2C[C@H]3[C@@H]([C@H]2C(=O)N1)C3(C)C. The number of fused-ring (bicyclic) bond motifs is 3. The van der Waals surface area contributed by atoms with E-state index in [0.29, 0.717) is 58.0 Å². The van der Waals surface area contributed by atoms with E-state index in [0.717, 1.165) is 51.4 Å². The molecular weight excluding hydrogens is 659 g/mol. The van der Waals surface area contributed by atoms with Crippen molar-refractivity contribution in [2.24, 2.45) is 17.3 Å². The summed E-state index contributed by atoms with van der Waals surface area (Å²) in [6.45, 7) is 11.8. The Kier molecular flexibility index (Phi) is 13.1. The second kappa shape index (κ2) is 16.3. The number of urea groups is 1. The molecule has 0 aromatic rings. The number of carbonyl (C=O) groups is 5. The van der Waals surface area contributed by atoms with E-state index in [1.54, 1.807) is 25.7 Å². The Morgan fingerprint density at radius 3 is 2.08 bits per heavy atom. The van der Waals surface area contributed by atoms with Gasteiger partial charge in [-0.15, -0.1) is 0 Å². The molecule has 2 heterocycles. The Hall–Kier alpha value is -2.70. The minimum absolute atomic E-state index is 0.0916. The van der Waals surface area contributed by atoms with Gasteiger partial charge in [0.2, 0.25) is 17.6 Å². The summed E-state index contributed by atoms with van der Waals surface area (Å²) in [5.74, 6) is -2.36. The number of nitrogens with zero attached hydrogens (tertiary/aromatic N) is 1. The summed E-state index contributed by atoms with van der Waals surface area (Å²) < 4.78 is 25.7. The third-order valence-corrected chi connectivity index (χ3v) is 14.6. The van der Waals surface area contributed by atoms with E-state index >= 15 is 0 Å². The highest BCUT2D eigenvalue weighted by Gasteiger charge is 2.69. The number of sulfone groups is 1. The normalized spacial score (nSPS) is 29.2. The van der Waals surface area contributed by atoms with Crippen molar-refractivity contribution in [3.63, 3.8) is 0 Å². The summed E-state index contributed by atoms with van der Waals surface area (Å²) in [5.41, 5.74) is -1.10. The van der Waals surface area contributed by atoms with E-state index in [1.807, 2.05) is 6.92 Å². The van der Waals surface area contributed by atoms with Crippen LogP contribution in [0.4, 0.5) is 4.79 Å². The average molecular weight is 722 g/mol. The molecule has 2 aliphatic carbocycles. The smallest absolute Gasteiger partial charge is 0.315 e. The molecule has 5 amide bonds. The molecule has 0 bridgehead atoms. The minimum atomic E-state index is -3.55. The summed E-state index contributed by atoms with van der Waals surface area (Å²) in [4.78, 5) is 69.9. The van der Waals surface area contributed by atoms with Gasteiger partial charge in [0.25, 0.3) is 5.91 Å². The van der Waals surface area contributed by atoms with Crippen LogP contribution in [-0.2, 0) is 29.0 Å². The van der Waals surface area contributed by atoms with Gasteiger partial charge >= 0.3 is 6.03 Å². The van der Waals surface area contributed by atoms with Crippen LogP contribution in [-0.4, -0.2) is 90.1 Å². The van der Waals surface area contributed by atoms with Crippen LogP contribution in [0.15, 0.2) is 0 Å². The largest absolute Gasteiger partial charge is 0.349 e. The fourth-order valence-electron chi connectivity index (χ4n) is 8.41. The molecule has 284 valence electrons. The van der Waals surface area contributed by atoms with Crippen LogP contribution in [0.1, 0.15) is 138 Å². The Morgan fingerprint density at radius 2 is 1.48 bits per heavy atom. The highest BCUT2D eigenvalue weighted by atomic mass is 32.2. The Morgan fingerprint density at radius 1 is 0.900 bits per heavy atom. The van der Waals surface area contributed by atoms with Crippen LogP contribution in [0, 0.1) is 17.3 Å². The van der Waals surface area contributed by atoms with E-state index < -0.39 is 61.9 Å². The first-order chi connectivity index (χ1) is 23.4. The molecule has 2 aliphatic heterocycles. The number of rotatable bonds is 8. The monoisotopic (exact) mass is 721 g/mol. The van der Waals surface area contributed by atoms with Crippen LogP contribution < -0.4 is 21.3 Å². The lowest BCUT2D eigenvalue weighted by atomic mass is 9.83. The van der Waals surface area contributed by atoms with E-state index in [-0.39, 0.29) is 28.9 Å². The number of nitrogens with one attached hydrogen (secondary N) is 4. The molecule has 2 saturated heterocycles. The first kappa shape index (κ1) is 40.1. The first-order valence-corrected chi connectivity index (χ1v) is 20.8. The number of amides is 5. The number of carbonyl (C=O) groups excluding carboxylic acids is 5. The van der Waals surface area contributed by atoms with Crippen LogP contribution in [0.5, 0.6) is 0 Å². The van der Waals surface area contributed by atoms with E-state index in [4.69, 9.17) is 0 Å². The molecule has 0 spiro atoms. The second-order valence-electron chi connectivity index (χ2n) is 17.0. The van der Waals surface area contributed by atoms with Gasteiger partial charge in [0.15, 0.2) is 9.84 Å². The summed E-state index contributed by atoms with van der Waals surface area (Å²) >= 11 is 0. The van der Waals surface area contributed by atoms with Crippen molar-refractivity contribution in [3.8, 4) is 0 Å². The van der Waals surface area contributed by atoms with Crippen molar-refractivity contribution in [1.29, 1.82) is 0 Å². The fourth-order valence-corrected chi connectivity index (χ4v) is 9.93. The van der Waals surface area contributed by atoms with Gasteiger partial charge in [-0.05, 0) is 70.1 Å². The van der Waals surface area contributed by atoms with Crippen molar-refractivity contribution >= 4 is 39.4 Å². The molecule has 4 aliphatic rings. The predicted molar refractivity (Wildman–Crippen MR) is 193 cm³/mol. The zero-order valence-electron chi connectivity index (χ0n) is 31.3. The maximum atomic E-state index is 14.4. The van der Waals surface area contributed by atoms with Gasteiger partial charge in [0, 0.05) is 13.1 Å². The van der Waals surface area contributed by atoms with Crippen molar-refractivity contribution in [2.75, 3.05) is 18.8 Å². The number of piperidine rings is 1. The third kappa shape index (κ3) is 9.39. The molecule has 0 unspecified atom stereocenters. The molecule has 5 atom stereocenters. The van der Waals surface area contributed by atoms with Crippen LogP contribution in [0.2, 0.25) is 0 Å². The van der Waals surface area contributed by atoms with Gasteiger partial charge in [-0.25, -0.2) is 13.2 Å². The number of hydrogen-bond donors (Lipinski definition) is 4. The summed E-state index contributed by atoms with van der Waals surface area (Å²) in [7, 11) is -3.55. The lowest BCUT2D eigenvalue weighted by molar-refractivity contribution is -0.144. The number of hydrogen-bond acceptors (Lipinski definition) is 7. The van der Waals surface area contributed by atoms with Gasteiger partial charge in [-0.2, -0.15) is 0 Å². The lowest BCUT2D eigenvalue weighted by Crippen LogP contribution is -2.62. The van der Waals surface area contributed by atoms with Crippen molar-refractivity contribution in [3.05, 3.63) is 0 Å². The molecule has 12 nitrogen and oxygen atoms in total. The predicted octanol–water partition coefficient (Wildman–Crippen LogP) is 4.16. The summed E-state index contributed by atoms with van der Waals surface area (Å²) in [5, 5.41) is 11.5. The van der Waals surface area contributed by atoms with Gasteiger partial charge in [-0.3, -0.25) is 19.2 Å². The third-order valence-electron chi connectivity index (χ3n) is 11.8. The maximum absolute atomic E-state index is 14.4. The molecule has 50 heavy (non-hydrogen) atoms. The molecule has 4 rings (SSSR count). The highest BCUT2D eigenvalue weighted by Crippen LogP contribution is 2.65. The molecule has 0 aromatic heterocycles. The van der Waals surface area contributed by atoms with E-state index in [9.17, 15) is 32.4 Å². The molecule has 2 saturated carbocycles. The zero-order chi connectivity index (χ0) is 36.9. The van der Waals surface area contributed by atoms with Gasteiger partial charge in [0.1, 0.15) is 12.1 Å². The average Bonchev–Trinajstić information content (AvgIpc) is 3.34. The Bertz CT molecular complexity index is 1370. The quantitative estimate of drug-likeness (QED) is 0.273. The van der Waals surface area contributed by atoms with E-state index in [1.165, 1.54) is 0 Å².